The minimum atomic E-state index is 0.314. The minimum absolute atomic E-state index is 0.314. The lowest BCUT2D eigenvalue weighted by atomic mass is 9.91. The molecule has 1 aromatic heterocycles. The number of aryl methyl sites for hydroxylation is 1. The largest absolute Gasteiger partial charge is 0.356 e. The van der Waals surface area contributed by atoms with Crippen LogP contribution in [0.2, 0.25) is 0 Å². The molecule has 1 unspecified atom stereocenters. The number of piperidine rings is 1. The normalized spacial score (nSPS) is 19.8. The van der Waals surface area contributed by atoms with Crippen LogP contribution < -0.4 is 10.6 Å². The van der Waals surface area contributed by atoms with Gasteiger partial charge < -0.3 is 10.6 Å². The van der Waals surface area contributed by atoms with Crippen molar-refractivity contribution in [2.24, 2.45) is 11.7 Å². The molecule has 4 nitrogen and oxygen atoms in total. The van der Waals surface area contributed by atoms with Crippen LogP contribution in [0.4, 0.5) is 5.82 Å². The summed E-state index contributed by atoms with van der Waals surface area (Å²) in [7, 11) is 0. The Balaban J connectivity index is 1.99. The predicted molar refractivity (Wildman–Crippen MR) is 65.4 cm³/mol. The summed E-state index contributed by atoms with van der Waals surface area (Å²) in [5.74, 6) is 1.72. The van der Waals surface area contributed by atoms with Crippen LogP contribution in [0.25, 0.3) is 0 Å². The molecular formula is C12H20N4. The van der Waals surface area contributed by atoms with Crippen molar-refractivity contribution in [1.29, 1.82) is 0 Å². The summed E-state index contributed by atoms with van der Waals surface area (Å²) >= 11 is 0. The van der Waals surface area contributed by atoms with Crippen LogP contribution in [-0.4, -0.2) is 29.1 Å². The fourth-order valence-electron chi connectivity index (χ4n) is 2.27. The Labute approximate surface area is 96.9 Å². The fourth-order valence-corrected chi connectivity index (χ4v) is 2.27. The van der Waals surface area contributed by atoms with Crippen molar-refractivity contribution in [2.45, 2.75) is 32.7 Å². The van der Waals surface area contributed by atoms with Crippen molar-refractivity contribution < 1.29 is 0 Å². The molecule has 1 atom stereocenters. The predicted octanol–water partition coefficient (Wildman–Crippen LogP) is 1.35. The number of rotatable bonds is 2. The quantitative estimate of drug-likeness (QED) is 0.817. The molecule has 0 aliphatic carbocycles. The van der Waals surface area contributed by atoms with Gasteiger partial charge in [0.25, 0.3) is 0 Å². The Bertz CT molecular complexity index is 343. The second-order valence-corrected chi connectivity index (χ2v) is 4.70. The highest BCUT2D eigenvalue weighted by Crippen LogP contribution is 2.23. The van der Waals surface area contributed by atoms with Crippen LogP contribution in [-0.2, 0) is 0 Å². The van der Waals surface area contributed by atoms with E-state index in [9.17, 15) is 0 Å². The summed E-state index contributed by atoms with van der Waals surface area (Å²) in [6, 6.07) is 2.36. The third-order valence-electron chi connectivity index (χ3n) is 3.40. The number of aromatic nitrogens is 2. The van der Waals surface area contributed by atoms with Gasteiger partial charge in [-0.2, -0.15) is 0 Å². The van der Waals surface area contributed by atoms with Gasteiger partial charge in [0.1, 0.15) is 12.1 Å². The van der Waals surface area contributed by atoms with Crippen LogP contribution in [0.5, 0.6) is 0 Å². The smallest absolute Gasteiger partial charge is 0.132 e. The Hall–Kier alpha value is -1.16. The van der Waals surface area contributed by atoms with E-state index < -0.39 is 0 Å². The highest BCUT2D eigenvalue weighted by molar-refractivity contribution is 5.38. The van der Waals surface area contributed by atoms with E-state index in [4.69, 9.17) is 5.73 Å². The minimum Gasteiger partial charge on any atom is -0.356 e. The lowest BCUT2D eigenvalue weighted by Crippen LogP contribution is -2.40. The van der Waals surface area contributed by atoms with E-state index in [0.29, 0.717) is 12.0 Å². The van der Waals surface area contributed by atoms with Crippen molar-refractivity contribution in [1.82, 2.24) is 9.97 Å². The average molecular weight is 220 g/mol. The van der Waals surface area contributed by atoms with Crippen LogP contribution in [0, 0.1) is 12.8 Å². The van der Waals surface area contributed by atoms with Crippen LogP contribution >= 0.6 is 0 Å². The van der Waals surface area contributed by atoms with Crippen molar-refractivity contribution in [3.05, 3.63) is 18.1 Å². The van der Waals surface area contributed by atoms with Gasteiger partial charge in [0.05, 0.1) is 0 Å². The first-order valence-electron chi connectivity index (χ1n) is 5.96. The lowest BCUT2D eigenvalue weighted by molar-refractivity contribution is 0.353. The standard InChI is InChI=1S/C12H20N4/c1-9-7-12(15-8-14-9)16-5-3-11(4-6-16)10(2)13/h7-8,10-11H,3-6,13H2,1-2H3. The molecule has 1 aromatic rings. The Morgan fingerprint density at radius 1 is 1.38 bits per heavy atom. The fraction of sp³-hybridized carbons (Fsp3) is 0.667. The topological polar surface area (TPSA) is 55.0 Å². The molecule has 4 heteroatoms. The molecule has 88 valence electrons. The molecule has 0 saturated carbocycles. The molecule has 16 heavy (non-hydrogen) atoms. The van der Waals surface area contributed by atoms with Gasteiger partial charge in [0, 0.05) is 30.9 Å². The maximum absolute atomic E-state index is 5.93. The van der Waals surface area contributed by atoms with E-state index >= 15 is 0 Å². The molecule has 0 radical (unpaired) electrons. The molecule has 0 spiro atoms. The first-order valence-corrected chi connectivity index (χ1v) is 5.96. The summed E-state index contributed by atoms with van der Waals surface area (Å²) in [5.41, 5.74) is 6.96. The first-order chi connectivity index (χ1) is 7.66. The van der Waals surface area contributed by atoms with Gasteiger partial charge in [-0.05, 0) is 32.6 Å². The zero-order valence-electron chi connectivity index (χ0n) is 10.1. The molecule has 1 saturated heterocycles. The van der Waals surface area contributed by atoms with Crippen molar-refractivity contribution in [3.63, 3.8) is 0 Å². The van der Waals surface area contributed by atoms with Crippen molar-refractivity contribution in [2.75, 3.05) is 18.0 Å². The number of hydrogen-bond donors (Lipinski definition) is 1. The van der Waals surface area contributed by atoms with Crippen molar-refractivity contribution >= 4 is 5.82 Å². The van der Waals surface area contributed by atoms with E-state index in [1.54, 1.807) is 6.33 Å². The summed E-state index contributed by atoms with van der Waals surface area (Å²) in [5, 5.41) is 0. The summed E-state index contributed by atoms with van der Waals surface area (Å²) in [4.78, 5) is 10.8. The first kappa shape index (κ1) is 11.3. The van der Waals surface area contributed by atoms with E-state index in [0.717, 1.165) is 24.6 Å². The lowest BCUT2D eigenvalue weighted by Gasteiger charge is -2.34. The van der Waals surface area contributed by atoms with E-state index in [1.807, 2.05) is 13.0 Å². The molecule has 2 heterocycles. The summed E-state index contributed by atoms with van der Waals surface area (Å²) < 4.78 is 0. The second kappa shape index (κ2) is 4.78. The number of hydrogen-bond acceptors (Lipinski definition) is 4. The van der Waals surface area contributed by atoms with Gasteiger partial charge in [0.2, 0.25) is 0 Å². The zero-order chi connectivity index (χ0) is 11.5. The molecule has 0 amide bonds. The average Bonchev–Trinajstić information content (AvgIpc) is 2.29. The van der Waals surface area contributed by atoms with Gasteiger partial charge in [-0.25, -0.2) is 9.97 Å². The molecule has 0 aromatic carbocycles. The maximum atomic E-state index is 5.93. The van der Waals surface area contributed by atoms with E-state index in [-0.39, 0.29) is 0 Å². The number of nitrogens with zero attached hydrogens (tertiary/aromatic N) is 3. The highest BCUT2D eigenvalue weighted by atomic mass is 15.2. The van der Waals surface area contributed by atoms with Crippen molar-refractivity contribution in [3.8, 4) is 0 Å². The summed E-state index contributed by atoms with van der Waals surface area (Å²) in [6.07, 6.45) is 3.98. The molecule has 2 rings (SSSR count). The van der Waals surface area contributed by atoms with Gasteiger partial charge >= 0.3 is 0 Å². The molecule has 1 aliphatic rings. The Kier molecular flexibility index (Phi) is 3.39. The SMILES string of the molecule is Cc1cc(N2CCC(C(C)N)CC2)ncn1. The maximum Gasteiger partial charge on any atom is 0.132 e. The molecule has 1 fully saturated rings. The Morgan fingerprint density at radius 2 is 2.06 bits per heavy atom. The molecule has 1 aliphatic heterocycles. The summed E-state index contributed by atoms with van der Waals surface area (Å²) in [6.45, 7) is 6.22. The highest BCUT2D eigenvalue weighted by Gasteiger charge is 2.22. The zero-order valence-corrected chi connectivity index (χ0v) is 10.1. The molecule has 2 N–H and O–H groups in total. The van der Waals surface area contributed by atoms with Gasteiger partial charge in [-0.1, -0.05) is 0 Å². The molecule has 0 bridgehead atoms. The molecular weight excluding hydrogens is 200 g/mol. The Morgan fingerprint density at radius 3 is 2.62 bits per heavy atom. The van der Waals surface area contributed by atoms with Gasteiger partial charge in [-0.15, -0.1) is 0 Å². The van der Waals surface area contributed by atoms with E-state index in [1.165, 1.54) is 12.8 Å². The van der Waals surface area contributed by atoms with E-state index in [2.05, 4.69) is 21.8 Å². The van der Waals surface area contributed by atoms with Crippen LogP contribution in [0.1, 0.15) is 25.5 Å². The monoisotopic (exact) mass is 220 g/mol. The van der Waals surface area contributed by atoms with Crippen LogP contribution in [0.3, 0.4) is 0 Å². The third-order valence-corrected chi connectivity index (χ3v) is 3.40. The number of nitrogens with two attached hydrogens (primary N) is 1. The van der Waals surface area contributed by atoms with Gasteiger partial charge in [0.15, 0.2) is 0 Å². The third kappa shape index (κ3) is 2.50. The second-order valence-electron chi connectivity index (χ2n) is 4.70. The van der Waals surface area contributed by atoms with Gasteiger partial charge in [-0.3, -0.25) is 0 Å². The van der Waals surface area contributed by atoms with Crippen LogP contribution in [0.15, 0.2) is 12.4 Å². The number of anilines is 1.